The molecular formula is C21H25FN4O2. The Morgan fingerprint density at radius 1 is 1.14 bits per heavy atom. The van der Waals surface area contributed by atoms with Crippen molar-refractivity contribution in [3.63, 3.8) is 0 Å². The molecule has 3 rings (SSSR count). The van der Waals surface area contributed by atoms with Gasteiger partial charge in [-0.15, -0.1) is 0 Å². The molecule has 7 heteroatoms. The second-order valence-electron chi connectivity index (χ2n) is 6.83. The number of fused-ring (bicyclic) bond motifs is 1. The van der Waals surface area contributed by atoms with Crippen molar-refractivity contribution < 1.29 is 9.13 Å². The number of hydrogen-bond donors (Lipinski definition) is 1. The van der Waals surface area contributed by atoms with Crippen molar-refractivity contribution in [2.45, 2.75) is 6.42 Å². The zero-order chi connectivity index (χ0) is 20.1. The van der Waals surface area contributed by atoms with E-state index >= 15 is 0 Å². The number of likely N-dealkylation sites (N-methyl/N-ethyl adjacent to an activating group) is 1. The van der Waals surface area contributed by atoms with E-state index in [1.807, 2.05) is 14.1 Å². The average molecular weight is 384 g/mol. The van der Waals surface area contributed by atoms with Crippen molar-refractivity contribution in [3.05, 3.63) is 64.5 Å². The maximum absolute atomic E-state index is 13.4. The van der Waals surface area contributed by atoms with Crippen molar-refractivity contribution >= 4 is 10.9 Å². The molecule has 0 aliphatic carbocycles. The number of methoxy groups -OCH3 is 1. The minimum absolute atomic E-state index is 0.196. The molecule has 0 aliphatic heterocycles. The Bertz CT molecular complexity index is 1000. The van der Waals surface area contributed by atoms with Gasteiger partial charge in [0, 0.05) is 26.1 Å². The molecule has 28 heavy (non-hydrogen) atoms. The van der Waals surface area contributed by atoms with Gasteiger partial charge in [0.15, 0.2) is 0 Å². The minimum atomic E-state index is -0.348. The molecule has 0 spiro atoms. The number of rotatable bonds is 8. The van der Waals surface area contributed by atoms with Crippen molar-refractivity contribution in [3.8, 4) is 11.4 Å². The maximum atomic E-state index is 13.4. The zero-order valence-electron chi connectivity index (χ0n) is 16.4. The van der Waals surface area contributed by atoms with Crippen LogP contribution in [0, 0.1) is 5.82 Å². The van der Waals surface area contributed by atoms with Gasteiger partial charge in [0.2, 0.25) is 0 Å². The molecule has 0 saturated heterocycles. The van der Waals surface area contributed by atoms with Crippen LogP contribution in [0.25, 0.3) is 16.6 Å². The predicted molar refractivity (Wildman–Crippen MR) is 109 cm³/mol. The largest absolute Gasteiger partial charge is 0.497 e. The first-order chi connectivity index (χ1) is 13.5. The summed E-state index contributed by atoms with van der Waals surface area (Å²) in [5, 5.41) is 3.83. The Kier molecular flexibility index (Phi) is 6.38. The topological polar surface area (TPSA) is 59.4 Å². The van der Waals surface area contributed by atoms with E-state index in [1.165, 1.54) is 12.1 Å². The van der Waals surface area contributed by atoms with E-state index in [0.29, 0.717) is 41.1 Å². The molecule has 3 aromatic rings. The van der Waals surface area contributed by atoms with Crippen LogP contribution in [0.1, 0.15) is 5.82 Å². The molecular weight excluding hydrogens is 359 g/mol. The molecule has 1 heterocycles. The van der Waals surface area contributed by atoms with Gasteiger partial charge in [0.05, 0.1) is 23.7 Å². The van der Waals surface area contributed by atoms with Gasteiger partial charge in [0.25, 0.3) is 5.56 Å². The Balaban J connectivity index is 2.00. The highest BCUT2D eigenvalue weighted by Gasteiger charge is 2.13. The summed E-state index contributed by atoms with van der Waals surface area (Å²) in [5.74, 6) is 0.876. The van der Waals surface area contributed by atoms with Gasteiger partial charge in [0.1, 0.15) is 17.4 Å². The van der Waals surface area contributed by atoms with Crippen molar-refractivity contribution in [2.75, 3.05) is 40.8 Å². The molecule has 0 bridgehead atoms. The first-order valence-electron chi connectivity index (χ1n) is 9.20. The molecule has 1 aromatic heterocycles. The van der Waals surface area contributed by atoms with E-state index in [4.69, 9.17) is 9.72 Å². The molecule has 0 fully saturated rings. The predicted octanol–water partition coefficient (Wildman–Crippen LogP) is 2.23. The molecule has 0 aliphatic rings. The fraction of sp³-hybridized carbons (Fsp3) is 0.333. The number of nitrogens with one attached hydrogen (secondary N) is 1. The lowest BCUT2D eigenvalue weighted by Gasteiger charge is -2.15. The van der Waals surface area contributed by atoms with E-state index < -0.39 is 0 Å². The van der Waals surface area contributed by atoms with Crippen LogP contribution >= 0.6 is 0 Å². The second-order valence-corrected chi connectivity index (χ2v) is 6.83. The maximum Gasteiger partial charge on any atom is 0.266 e. The van der Waals surface area contributed by atoms with Crippen LogP contribution in [0.4, 0.5) is 4.39 Å². The van der Waals surface area contributed by atoms with Gasteiger partial charge in [-0.05, 0) is 56.6 Å². The molecule has 0 atom stereocenters. The first kappa shape index (κ1) is 20.0. The average Bonchev–Trinajstić information content (AvgIpc) is 2.68. The Labute approximate surface area is 163 Å². The van der Waals surface area contributed by atoms with Crippen LogP contribution in [0.2, 0.25) is 0 Å². The number of aromatic nitrogens is 2. The third-order valence-electron chi connectivity index (χ3n) is 4.49. The summed E-state index contributed by atoms with van der Waals surface area (Å²) < 4.78 is 20.2. The fourth-order valence-electron chi connectivity index (χ4n) is 2.99. The second kappa shape index (κ2) is 8.95. The summed E-state index contributed by atoms with van der Waals surface area (Å²) in [6.45, 7) is 2.46. The Morgan fingerprint density at radius 3 is 2.57 bits per heavy atom. The molecule has 0 saturated carbocycles. The standard InChI is InChI=1S/C21H25FN4O2/c1-25(2)13-12-23-11-10-20-24-19-9-8-17(28-3)14-18(19)21(27)26(20)16-6-4-15(22)5-7-16/h4-9,14,23H,10-13H2,1-3H3. The highest BCUT2D eigenvalue weighted by Crippen LogP contribution is 2.19. The quantitative estimate of drug-likeness (QED) is 0.604. The van der Waals surface area contributed by atoms with Crippen molar-refractivity contribution in [2.24, 2.45) is 0 Å². The summed E-state index contributed by atoms with van der Waals surface area (Å²) in [5.41, 5.74) is 1.01. The zero-order valence-corrected chi connectivity index (χ0v) is 16.4. The number of hydrogen-bond acceptors (Lipinski definition) is 5. The lowest BCUT2D eigenvalue weighted by molar-refractivity contribution is 0.400. The minimum Gasteiger partial charge on any atom is -0.497 e. The van der Waals surface area contributed by atoms with Gasteiger partial charge in [-0.1, -0.05) is 0 Å². The molecule has 148 valence electrons. The molecule has 1 N–H and O–H groups in total. The van der Waals surface area contributed by atoms with Crippen LogP contribution in [-0.2, 0) is 6.42 Å². The van der Waals surface area contributed by atoms with E-state index in [2.05, 4.69) is 10.2 Å². The van der Waals surface area contributed by atoms with Gasteiger partial charge in [-0.3, -0.25) is 9.36 Å². The molecule has 0 unspecified atom stereocenters. The summed E-state index contributed by atoms with van der Waals surface area (Å²) in [6, 6.07) is 11.1. The van der Waals surface area contributed by atoms with E-state index in [1.54, 1.807) is 42.0 Å². The third kappa shape index (κ3) is 4.55. The summed E-state index contributed by atoms with van der Waals surface area (Å²) in [4.78, 5) is 20.0. The lowest BCUT2D eigenvalue weighted by atomic mass is 10.2. The molecule has 0 amide bonds. The molecule has 2 aromatic carbocycles. The van der Waals surface area contributed by atoms with Crippen LogP contribution in [0.15, 0.2) is 47.3 Å². The summed E-state index contributed by atoms with van der Waals surface area (Å²) >= 11 is 0. The van der Waals surface area contributed by atoms with Gasteiger partial charge in [-0.25, -0.2) is 9.37 Å². The highest BCUT2D eigenvalue weighted by molar-refractivity contribution is 5.79. The van der Waals surface area contributed by atoms with Gasteiger partial charge >= 0.3 is 0 Å². The summed E-state index contributed by atoms with van der Waals surface area (Å²) in [6.07, 6.45) is 0.571. The number of ether oxygens (including phenoxy) is 1. The van der Waals surface area contributed by atoms with Crippen LogP contribution in [0.5, 0.6) is 5.75 Å². The Hall–Kier alpha value is -2.77. The monoisotopic (exact) mass is 384 g/mol. The smallest absolute Gasteiger partial charge is 0.266 e. The highest BCUT2D eigenvalue weighted by atomic mass is 19.1. The summed E-state index contributed by atoms with van der Waals surface area (Å²) in [7, 11) is 5.60. The Morgan fingerprint density at radius 2 is 1.89 bits per heavy atom. The lowest BCUT2D eigenvalue weighted by Crippen LogP contribution is -2.30. The van der Waals surface area contributed by atoms with Crippen LogP contribution < -0.4 is 15.6 Å². The number of halogens is 1. The van der Waals surface area contributed by atoms with Crippen LogP contribution in [0.3, 0.4) is 0 Å². The van der Waals surface area contributed by atoms with Gasteiger partial charge < -0.3 is 15.0 Å². The van der Waals surface area contributed by atoms with Crippen LogP contribution in [-0.4, -0.2) is 55.3 Å². The fourth-order valence-corrected chi connectivity index (χ4v) is 2.99. The number of nitrogens with zero attached hydrogens (tertiary/aromatic N) is 3. The van der Waals surface area contributed by atoms with E-state index in [9.17, 15) is 9.18 Å². The number of benzene rings is 2. The first-order valence-corrected chi connectivity index (χ1v) is 9.20. The third-order valence-corrected chi connectivity index (χ3v) is 4.49. The SMILES string of the molecule is COc1ccc2nc(CCNCCN(C)C)n(-c3ccc(F)cc3)c(=O)c2c1. The van der Waals surface area contributed by atoms with Gasteiger partial charge in [-0.2, -0.15) is 0 Å². The molecule has 6 nitrogen and oxygen atoms in total. The normalized spacial score (nSPS) is 11.3. The van der Waals surface area contributed by atoms with E-state index in [-0.39, 0.29) is 11.4 Å². The van der Waals surface area contributed by atoms with Crippen molar-refractivity contribution in [1.82, 2.24) is 19.8 Å². The molecule has 0 radical (unpaired) electrons. The van der Waals surface area contributed by atoms with Crippen molar-refractivity contribution in [1.29, 1.82) is 0 Å². The van der Waals surface area contributed by atoms with E-state index in [0.717, 1.165) is 13.1 Å².